The summed E-state index contributed by atoms with van der Waals surface area (Å²) in [6.07, 6.45) is 0. The third-order valence-corrected chi connectivity index (χ3v) is 3.59. The number of nitrogens with zero attached hydrogens (tertiary/aromatic N) is 1. The molecule has 2 heteroatoms. The molecule has 1 aliphatic heterocycles. The van der Waals surface area contributed by atoms with E-state index in [0.29, 0.717) is 0 Å². The Morgan fingerprint density at radius 2 is 1.63 bits per heavy atom. The molecule has 98 valence electrons. The van der Waals surface area contributed by atoms with Crippen LogP contribution in [0.1, 0.15) is 5.56 Å². The van der Waals surface area contributed by atoms with Crippen LogP contribution in [0.3, 0.4) is 0 Å². The Bertz CT molecular complexity index is 541. The Kier molecular flexibility index (Phi) is 3.51. The van der Waals surface area contributed by atoms with Crippen molar-refractivity contribution < 1.29 is 4.74 Å². The summed E-state index contributed by atoms with van der Waals surface area (Å²) < 4.78 is 5.39. The fourth-order valence-electron chi connectivity index (χ4n) is 2.51. The van der Waals surface area contributed by atoms with E-state index in [1.165, 1.54) is 22.4 Å². The number of rotatable bonds is 2. The minimum atomic E-state index is 0.833. The van der Waals surface area contributed by atoms with Crippen LogP contribution in [0.15, 0.2) is 48.5 Å². The van der Waals surface area contributed by atoms with Gasteiger partial charge in [-0.05, 0) is 30.2 Å². The Balaban J connectivity index is 1.82. The van der Waals surface area contributed by atoms with Gasteiger partial charge in [0, 0.05) is 18.8 Å². The van der Waals surface area contributed by atoms with Gasteiger partial charge in [-0.1, -0.05) is 42.0 Å². The molecule has 0 atom stereocenters. The van der Waals surface area contributed by atoms with Crippen LogP contribution in [0, 0.1) is 6.92 Å². The highest BCUT2D eigenvalue weighted by Crippen LogP contribution is 2.24. The number of benzene rings is 2. The number of hydrogen-bond acceptors (Lipinski definition) is 2. The summed E-state index contributed by atoms with van der Waals surface area (Å²) in [5, 5.41) is 0. The number of ether oxygens (including phenoxy) is 1. The molecule has 19 heavy (non-hydrogen) atoms. The highest BCUT2D eigenvalue weighted by atomic mass is 16.5. The van der Waals surface area contributed by atoms with Gasteiger partial charge in [0.15, 0.2) is 0 Å². The number of aryl methyl sites for hydroxylation is 1. The molecule has 2 aromatic carbocycles. The van der Waals surface area contributed by atoms with Crippen LogP contribution in [-0.2, 0) is 4.74 Å². The maximum atomic E-state index is 5.39. The van der Waals surface area contributed by atoms with Crippen molar-refractivity contribution in [3.8, 4) is 11.1 Å². The summed E-state index contributed by atoms with van der Waals surface area (Å²) in [6, 6.07) is 17.5. The molecule has 0 radical (unpaired) electrons. The zero-order valence-corrected chi connectivity index (χ0v) is 11.3. The Morgan fingerprint density at radius 1 is 0.895 bits per heavy atom. The second-order valence-electron chi connectivity index (χ2n) is 5.02. The lowest BCUT2D eigenvalue weighted by atomic mass is 10.0. The first-order valence-corrected chi connectivity index (χ1v) is 6.83. The fraction of sp³-hybridized carbons (Fsp3) is 0.294. The van der Waals surface area contributed by atoms with E-state index < -0.39 is 0 Å². The SMILES string of the molecule is Cc1cccc(-c2ccc(N3CCOCC3)cc2)c1. The standard InChI is InChI=1S/C17H19NO/c1-14-3-2-4-16(13-14)15-5-7-17(8-6-15)18-9-11-19-12-10-18/h2-8,13H,9-12H2,1H3. The maximum absolute atomic E-state index is 5.39. The predicted molar refractivity (Wildman–Crippen MR) is 79.6 cm³/mol. The Morgan fingerprint density at radius 3 is 2.32 bits per heavy atom. The monoisotopic (exact) mass is 253 g/mol. The molecular formula is C17H19NO. The smallest absolute Gasteiger partial charge is 0.0642 e. The molecule has 2 aromatic rings. The van der Waals surface area contributed by atoms with Crippen molar-refractivity contribution >= 4 is 5.69 Å². The average Bonchev–Trinajstić information content (AvgIpc) is 2.48. The first-order chi connectivity index (χ1) is 9.33. The van der Waals surface area contributed by atoms with Crippen molar-refractivity contribution in [1.29, 1.82) is 0 Å². The van der Waals surface area contributed by atoms with E-state index in [1.807, 2.05) is 0 Å². The lowest BCUT2D eigenvalue weighted by Gasteiger charge is -2.28. The summed E-state index contributed by atoms with van der Waals surface area (Å²) in [4.78, 5) is 2.38. The third kappa shape index (κ3) is 2.79. The van der Waals surface area contributed by atoms with Crippen LogP contribution in [0.2, 0.25) is 0 Å². The van der Waals surface area contributed by atoms with E-state index in [-0.39, 0.29) is 0 Å². The Labute approximate surface area is 114 Å². The van der Waals surface area contributed by atoms with Crippen LogP contribution in [0.4, 0.5) is 5.69 Å². The van der Waals surface area contributed by atoms with Crippen molar-refractivity contribution in [2.45, 2.75) is 6.92 Å². The lowest BCUT2D eigenvalue weighted by Crippen LogP contribution is -2.36. The van der Waals surface area contributed by atoms with E-state index in [2.05, 4.69) is 60.4 Å². The molecule has 1 fully saturated rings. The summed E-state index contributed by atoms with van der Waals surface area (Å²) in [7, 11) is 0. The zero-order valence-electron chi connectivity index (χ0n) is 11.3. The van der Waals surface area contributed by atoms with Crippen LogP contribution in [0.5, 0.6) is 0 Å². The van der Waals surface area contributed by atoms with Gasteiger partial charge in [0.25, 0.3) is 0 Å². The van der Waals surface area contributed by atoms with Gasteiger partial charge in [0.05, 0.1) is 13.2 Å². The van der Waals surface area contributed by atoms with Crippen molar-refractivity contribution in [1.82, 2.24) is 0 Å². The maximum Gasteiger partial charge on any atom is 0.0642 e. The summed E-state index contributed by atoms with van der Waals surface area (Å²) >= 11 is 0. The van der Waals surface area contributed by atoms with E-state index in [9.17, 15) is 0 Å². The molecule has 1 aliphatic rings. The molecule has 2 nitrogen and oxygen atoms in total. The van der Waals surface area contributed by atoms with Crippen LogP contribution < -0.4 is 4.90 Å². The van der Waals surface area contributed by atoms with Gasteiger partial charge in [0.1, 0.15) is 0 Å². The van der Waals surface area contributed by atoms with Gasteiger partial charge in [-0.25, -0.2) is 0 Å². The average molecular weight is 253 g/mol. The highest BCUT2D eigenvalue weighted by Gasteiger charge is 2.10. The molecule has 0 amide bonds. The van der Waals surface area contributed by atoms with Gasteiger partial charge in [0.2, 0.25) is 0 Å². The summed E-state index contributed by atoms with van der Waals surface area (Å²) in [5.74, 6) is 0. The minimum absolute atomic E-state index is 0.833. The molecule has 0 aromatic heterocycles. The molecule has 0 spiro atoms. The number of anilines is 1. The molecule has 1 heterocycles. The topological polar surface area (TPSA) is 12.5 Å². The Hall–Kier alpha value is -1.80. The van der Waals surface area contributed by atoms with Gasteiger partial charge < -0.3 is 9.64 Å². The van der Waals surface area contributed by atoms with Crippen molar-refractivity contribution in [3.05, 3.63) is 54.1 Å². The number of hydrogen-bond donors (Lipinski definition) is 0. The van der Waals surface area contributed by atoms with Gasteiger partial charge in [-0.3, -0.25) is 0 Å². The van der Waals surface area contributed by atoms with Crippen LogP contribution >= 0.6 is 0 Å². The van der Waals surface area contributed by atoms with Crippen molar-refractivity contribution in [2.24, 2.45) is 0 Å². The molecule has 0 aliphatic carbocycles. The lowest BCUT2D eigenvalue weighted by molar-refractivity contribution is 0.122. The minimum Gasteiger partial charge on any atom is -0.378 e. The first-order valence-electron chi connectivity index (χ1n) is 6.83. The zero-order chi connectivity index (χ0) is 13.1. The normalized spacial score (nSPS) is 15.5. The third-order valence-electron chi connectivity index (χ3n) is 3.59. The van der Waals surface area contributed by atoms with Gasteiger partial charge in [-0.2, -0.15) is 0 Å². The predicted octanol–water partition coefficient (Wildman–Crippen LogP) is 3.50. The largest absolute Gasteiger partial charge is 0.378 e. The van der Waals surface area contributed by atoms with Crippen molar-refractivity contribution in [3.63, 3.8) is 0 Å². The van der Waals surface area contributed by atoms with Crippen LogP contribution in [-0.4, -0.2) is 26.3 Å². The van der Waals surface area contributed by atoms with Crippen LogP contribution in [0.25, 0.3) is 11.1 Å². The van der Waals surface area contributed by atoms with E-state index in [4.69, 9.17) is 4.74 Å². The second-order valence-corrected chi connectivity index (χ2v) is 5.02. The molecular weight excluding hydrogens is 234 g/mol. The molecule has 3 rings (SSSR count). The van der Waals surface area contributed by atoms with E-state index in [1.54, 1.807) is 0 Å². The van der Waals surface area contributed by atoms with E-state index >= 15 is 0 Å². The van der Waals surface area contributed by atoms with E-state index in [0.717, 1.165) is 26.3 Å². The number of morpholine rings is 1. The summed E-state index contributed by atoms with van der Waals surface area (Å²) in [6.45, 7) is 5.78. The van der Waals surface area contributed by atoms with Gasteiger partial charge >= 0.3 is 0 Å². The highest BCUT2D eigenvalue weighted by molar-refractivity contribution is 5.67. The fourth-order valence-corrected chi connectivity index (χ4v) is 2.51. The second kappa shape index (κ2) is 5.45. The molecule has 0 N–H and O–H groups in total. The molecule has 0 bridgehead atoms. The molecule has 1 saturated heterocycles. The first kappa shape index (κ1) is 12.2. The van der Waals surface area contributed by atoms with Crippen molar-refractivity contribution in [2.75, 3.05) is 31.2 Å². The summed E-state index contributed by atoms with van der Waals surface area (Å²) in [5.41, 5.74) is 5.16. The molecule has 0 saturated carbocycles. The quantitative estimate of drug-likeness (QED) is 0.812. The van der Waals surface area contributed by atoms with Gasteiger partial charge in [-0.15, -0.1) is 0 Å². The molecule has 0 unspecified atom stereocenters.